The zero-order valence-electron chi connectivity index (χ0n) is 12.2. The maximum absolute atomic E-state index is 6.28. The van der Waals surface area contributed by atoms with Crippen molar-refractivity contribution in [2.24, 2.45) is 0 Å². The van der Waals surface area contributed by atoms with Gasteiger partial charge in [-0.05, 0) is 53.2 Å². The van der Waals surface area contributed by atoms with Gasteiger partial charge in [0.1, 0.15) is 0 Å². The summed E-state index contributed by atoms with van der Waals surface area (Å²) in [6.45, 7) is 14.8. The molecule has 98 valence electrons. The van der Waals surface area contributed by atoms with Crippen molar-refractivity contribution < 1.29 is 0 Å². The minimum absolute atomic E-state index is 0.431. The van der Waals surface area contributed by atoms with Gasteiger partial charge in [-0.1, -0.05) is 46.4 Å². The van der Waals surface area contributed by atoms with E-state index in [9.17, 15) is 0 Å². The first-order chi connectivity index (χ1) is 8.38. The van der Waals surface area contributed by atoms with Gasteiger partial charge in [0.2, 0.25) is 0 Å². The van der Waals surface area contributed by atoms with E-state index >= 15 is 0 Å². The Kier molecular flexibility index (Phi) is 4.77. The predicted octanol–water partition coefficient (Wildman–Crippen LogP) is 5.10. The molecule has 0 atom stereocenters. The summed E-state index contributed by atoms with van der Waals surface area (Å²) < 4.78 is 0. The Morgan fingerprint density at radius 1 is 1.11 bits per heavy atom. The molecule has 0 aliphatic heterocycles. The molecule has 18 heavy (non-hydrogen) atoms. The summed E-state index contributed by atoms with van der Waals surface area (Å²) >= 11 is 0. The maximum atomic E-state index is 6.28. The summed E-state index contributed by atoms with van der Waals surface area (Å²) in [6, 6.07) is 4.35. The van der Waals surface area contributed by atoms with Crippen LogP contribution >= 0.6 is 0 Å². The third kappa shape index (κ3) is 3.04. The van der Waals surface area contributed by atoms with E-state index in [1.165, 1.54) is 16.7 Å². The van der Waals surface area contributed by atoms with Gasteiger partial charge in [-0.25, -0.2) is 0 Å². The highest BCUT2D eigenvalue weighted by Gasteiger charge is 2.13. The van der Waals surface area contributed by atoms with E-state index in [-0.39, 0.29) is 0 Å². The predicted molar refractivity (Wildman–Crippen MR) is 82.9 cm³/mol. The SMILES string of the molecule is C=C(/C=C\C)c1cc(C(C)C)c(N)c(C(C)C)c1. The minimum Gasteiger partial charge on any atom is -0.398 e. The molecule has 0 heterocycles. The van der Waals surface area contributed by atoms with Crippen LogP contribution in [0.1, 0.15) is 63.1 Å². The fourth-order valence-electron chi connectivity index (χ4n) is 2.14. The van der Waals surface area contributed by atoms with Crippen molar-refractivity contribution >= 4 is 11.3 Å². The highest BCUT2D eigenvalue weighted by molar-refractivity contribution is 5.75. The molecule has 0 bridgehead atoms. The number of benzene rings is 1. The van der Waals surface area contributed by atoms with Crippen molar-refractivity contribution in [2.45, 2.75) is 46.5 Å². The lowest BCUT2D eigenvalue weighted by molar-refractivity contribution is 0.839. The van der Waals surface area contributed by atoms with Gasteiger partial charge in [-0.3, -0.25) is 0 Å². The second kappa shape index (κ2) is 5.90. The molecule has 0 fully saturated rings. The van der Waals surface area contributed by atoms with Crippen molar-refractivity contribution in [2.75, 3.05) is 5.73 Å². The van der Waals surface area contributed by atoms with Gasteiger partial charge in [0, 0.05) is 5.69 Å². The molecule has 0 saturated heterocycles. The van der Waals surface area contributed by atoms with Crippen LogP contribution in [0.2, 0.25) is 0 Å². The molecule has 0 saturated carbocycles. The molecule has 0 aliphatic rings. The van der Waals surface area contributed by atoms with Crippen LogP contribution in [0.3, 0.4) is 0 Å². The van der Waals surface area contributed by atoms with Crippen LogP contribution in [0.4, 0.5) is 5.69 Å². The number of rotatable bonds is 4. The van der Waals surface area contributed by atoms with E-state index in [0.29, 0.717) is 11.8 Å². The second-order valence-electron chi connectivity index (χ2n) is 5.40. The first-order valence-corrected chi connectivity index (χ1v) is 6.63. The van der Waals surface area contributed by atoms with Gasteiger partial charge < -0.3 is 5.73 Å². The highest BCUT2D eigenvalue weighted by atomic mass is 14.6. The van der Waals surface area contributed by atoms with E-state index in [1.807, 2.05) is 19.1 Å². The average molecular weight is 243 g/mol. The fraction of sp³-hybridized carbons (Fsp3) is 0.412. The molecule has 0 aromatic heterocycles. The van der Waals surface area contributed by atoms with E-state index in [0.717, 1.165) is 11.3 Å². The van der Waals surface area contributed by atoms with Gasteiger partial charge in [0.05, 0.1) is 0 Å². The van der Waals surface area contributed by atoms with Gasteiger partial charge >= 0.3 is 0 Å². The van der Waals surface area contributed by atoms with E-state index < -0.39 is 0 Å². The Bertz CT molecular complexity index is 435. The van der Waals surface area contributed by atoms with Gasteiger partial charge in [0.25, 0.3) is 0 Å². The Hall–Kier alpha value is -1.50. The first kappa shape index (κ1) is 14.6. The standard InChI is InChI=1S/C17H25N/c1-7-8-13(6)14-9-15(11(2)3)17(18)16(10-14)12(4)5/h7-12H,6,18H2,1-5H3/b8-7-. The summed E-state index contributed by atoms with van der Waals surface area (Å²) in [5, 5.41) is 0. The zero-order valence-corrected chi connectivity index (χ0v) is 12.2. The number of allylic oxidation sites excluding steroid dienone is 3. The van der Waals surface area contributed by atoms with E-state index in [1.54, 1.807) is 0 Å². The summed E-state index contributed by atoms with van der Waals surface area (Å²) in [6.07, 6.45) is 4.06. The third-order valence-electron chi connectivity index (χ3n) is 3.23. The second-order valence-corrected chi connectivity index (χ2v) is 5.40. The first-order valence-electron chi connectivity index (χ1n) is 6.63. The lowest BCUT2D eigenvalue weighted by Crippen LogP contribution is -2.04. The van der Waals surface area contributed by atoms with Gasteiger partial charge in [-0.15, -0.1) is 0 Å². The topological polar surface area (TPSA) is 26.0 Å². The molecule has 1 aromatic carbocycles. The van der Waals surface area contributed by atoms with Crippen LogP contribution in [-0.2, 0) is 0 Å². The number of anilines is 1. The minimum atomic E-state index is 0.431. The Morgan fingerprint density at radius 3 is 1.89 bits per heavy atom. The van der Waals surface area contributed by atoms with Crippen molar-refractivity contribution in [3.8, 4) is 0 Å². The number of hydrogen-bond acceptors (Lipinski definition) is 1. The summed E-state index contributed by atoms with van der Waals surface area (Å²) in [5.41, 5.74) is 11.9. The quantitative estimate of drug-likeness (QED) is 0.577. The lowest BCUT2D eigenvalue weighted by Gasteiger charge is -2.19. The molecule has 0 unspecified atom stereocenters. The molecule has 1 nitrogen and oxygen atoms in total. The number of nitrogens with two attached hydrogens (primary N) is 1. The third-order valence-corrected chi connectivity index (χ3v) is 3.23. The molecule has 1 rings (SSSR count). The fourth-order valence-corrected chi connectivity index (χ4v) is 2.14. The lowest BCUT2D eigenvalue weighted by atomic mass is 9.89. The van der Waals surface area contributed by atoms with Crippen molar-refractivity contribution in [3.05, 3.63) is 47.6 Å². The van der Waals surface area contributed by atoms with E-state index in [4.69, 9.17) is 5.73 Å². The van der Waals surface area contributed by atoms with Crippen LogP contribution in [0.5, 0.6) is 0 Å². The van der Waals surface area contributed by atoms with Crippen molar-refractivity contribution in [3.63, 3.8) is 0 Å². The molecule has 1 heteroatoms. The Balaban J connectivity index is 3.42. The van der Waals surface area contributed by atoms with Gasteiger partial charge in [-0.2, -0.15) is 0 Å². The normalized spacial score (nSPS) is 11.7. The molecule has 0 aliphatic carbocycles. The maximum Gasteiger partial charge on any atom is 0.0384 e. The van der Waals surface area contributed by atoms with Gasteiger partial charge in [0.15, 0.2) is 0 Å². The van der Waals surface area contributed by atoms with E-state index in [2.05, 4.69) is 46.4 Å². The smallest absolute Gasteiger partial charge is 0.0384 e. The number of nitrogen functional groups attached to an aromatic ring is 1. The average Bonchev–Trinajstić information content (AvgIpc) is 2.28. The van der Waals surface area contributed by atoms with Crippen LogP contribution in [-0.4, -0.2) is 0 Å². The van der Waals surface area contributed by atoms with Crippen LogP contribution < -0.4 is 5.73 Å². The molecule has 0 radical (unpaired) electrons. The van der Waals surface area contributed by atoms with Crippen LogP contribution in [0, 0.1) is 0 Å². The van der Waals surface area contributed by atoms with Crippen LogP contribution in [0.25, 0.3) is 5.57 Å². The summed E-state index contributed by atoms with van der Waals surface area (Å²) in [4.78, 5) is 0. The molecule has 1 aromatic rings. The molecule has 2 N–H and O–H groups in total. The molecular weight excluding hydrogens is 218 g/mol. The summed E-state index contributed by atoms with van der Waals surface area (Å²) in [7, 11) is 0. The Morgan fingerprint density at radius 2 is 1.56 bits per heavy atom. The molecule has 0 spiro atoms. The largest absolute Gasteiger partial charge is 0.398 e. The summed E-state index contributed by atoms with van der Waals surface area (Å²) in [5.74, 6) is 0.863. The van der Waals surface area contributed by atoms with Crippen molar-refractivity contribution in [1.29, 1.82) is 0 Å². The molecular formula is C17H25N. The van der Waals surface area contributed by atoms with Crippen molar-refractivity contribution in [1.82, 2.24) is 0 Å². The zero-order chi connectivity index (χ0) is 13.9. The number of hydrogen-bond donors (Lipinski definition) is 1. The molecule has 0 amide bonds. The van der Waals surface area contributed by atoms with Crippen LogP contribution in [0.15, 0.2) is 30.9 Å². The highest BCUT2D eigenvalue weighted by Crippen LogP contribution is 2.33. The monoisotopic (exact) mass is 243 g/mol. The Labute approximate surface area is 111 Å².